The molecule has 0 spiro atoms. The Kier molecular flexibility index (Phi) is 17.5. The van der Waals surface area contributed by atoms with Gasteiger partial charge in [0.2, 0.25) is 0 Å². The van der Waals surface area contributed by atoms with Gasteiger partial charge < -0.3 is 0 Å². The first-order valence-corrected chi connectivity index (χ1v) is 4.84. The van der Waals surface area contributed by atoms with E-state index in [4.69, 9.17) is 11.6 Å². The molecular formula is C12H15ClTi. The summed E-state index contributed by atoms with van der Waals surface area (Å²) in [5.41, 5.74) is 0. The Morgan fingerprint density at radius 3 is 1.14 bits per heavy atom. The van der Waals surface area contributed by atoms with Crippen molar-refractivity contribution in [3.63, 3.8) is 0 Å². The van der Waals surface area contributed by atoms with Gasteiger partial charge in [-0.1, -0.05) is 6.92 Å². The van der Waals surface area contributed by atoms with Crippen molar-refractivity contribution >= 4 is 11.6 Å². The van der Waals surface area contributed by atoms with Gasteiger partial charge in [0.15, 0.2) is 0 Å². The van der Waals surface area contributed by atoms with Crippen LogP contribution in [0.3, 0.4) is 0 Å². The summed E-state index contributed by atoms with van der Waals surface area (Å²) in [5.74, 6) is 0.722. The van der Waals surface area contributed by atoms with E-state index in [-0.39, 0.29) is 21.7 Å². The monoisotopic (exact) mass is 242 g/mol. The summed E-state index contributed by atoms with van der Waals surface area (Å²) in [6.45, 7) is 1.89. The third-order valence-electron chi connectivity index (χ3n) is 1.11. The molecule has 0 aliphatic heterocycles. The van der Waals surface area contributed by atoms with Gasteiger partial charge in [-0.15, -0.1) is 11.6 Å². The topological polar surface area (TPSA) is 0 Å². The van der Waals surface area contributed by atoms with Crippen molar-refractivity contribution in [2.75, 3.05) is 5.88 Å². The van der Waals surface area contributed by atoms with Gasteiger partial charge in [-0.2, -0.15) is 36.4 Å². The van der Waals surface area contributed by atoms with Crippen molar-refractivity contribution in [1.29, 1.82) is 0 Å². The van der Waals surface area contributed by atoms with Crippen LogP contribution in [-0.4, -0.2) is 5.88 Å². The second-order valence-corrected chi connectivity index (χ2v) is 2.73. The average Bonchev–Trinajstić information content (AvgIpc) is 2.85. The van der Waals surface area contributed by atoms with Crippen LogP contribution >= 0.6 is 11.6 Å². The second kappa shape index (κ2) is 15.2. The van der Waals surface area contributed by atoms with Gasteiger partial charge in [0.25, 0.3) is 0 Å². The van der Waals surface area contributed by atoms with Crippen LogP contribution in [0.25, 0.3) is 0 Å². The average molecular weight is 243 g/mol. The zero-order valence-corrected chi connectivity index (χ0v) is 10.7. The van der Waals surface area contributed by atoms with Gasteiger partial charge in [-0.3, -0.25) is 0 Å². The molecule has 0 bridgehead atoms. The molecule has 0 N–H and O–H groups in total. The van der Waals surface area contributed by atoms with Crippen LogP contribution in [0.4, 0.5) is 0 Å². The van der Waals surface area contributed by atoms with Gasteiger partial charge in [0.1, 0.15) is 0 Å². The normalized spacial score (nSPS) is 7.00. The Labute approximate surface area is 107 Å². The molecule has 0 saturated heterocycles. The Morgan fingerprint density at radius 1 is 0.857 bits per heavy atom. The minimum atomic E-state index is 0. The van der Waals surface area contributed by atoms with Gasteiger partial charge >= 0.3 is 21.7 Å². The van der Waals surface area contributed by atoms with Crippen LogP contribution in [0.5, 0.6) is 0 Å². The minimum absolute atomic E-state index is 0. The zero-order chi connectivity index (χ0) is 9.78. The number of hydrogen-bond acceptors (Lipinski definition) is 0. The summed E-state index contributed by atoms with van der Waals surface area (Å²) >= 11 is 5.00. The van der Waals surface area contributed by atoms with Crippen LogP contribution in [0.15, 0.2) is 60.7 Å². The zero-order valence-electron chi connectivity index (χ0n) is 8.36. The molecule has 0 unspecified atom stereocenters. The molecule has 0 amide bonds. The third-order valence-corrected chi connectivity index (χ3v) is 1.11. The minimum Gasteiger partial charge on any atom is -0.214 e. The van der Waals surface area contributed by atoms with E-state index in [9.17, 15) is 0 Å². The molecule has 2 heteroatoms. The predicted molar refractivity (Wildman–Crippen MR) is 60.5 cm³/mol. The second-order valence-electron chi connectivity index (χ2n) is 2.19. The van der Waals surface area contributed by atoms with Crippen molar-refractivity contribution < 1.29 is 21.7 Å². The van der Waals surface area contributed by atoms with E-state index in [0.717, 1.165) is 5.88 Å². The molecule has 2 rings (SSSR count). The fraction of sp³-hybridized carbons (Fsp3) is 0.167. The molecule has 0 heterocycles. The first-order valence-electron chi connectivity index (χ1n) is 4.31. The van der Waals surface area contributed by atoms with Gasteiger partial charge in [0.05, 0.1) is 0 Å². The number of alkyl halides is 1. The SMILES string of the molecule is CCCl.[Ti+2].c1cc[cH-]c1.c1cc[cH-]c1. The van der Waals surface area contributed by atoms with Gasteiger partial charge in [-0.05, 0) is 0 Å². The summed E-state index contributed by atoms with van der Waals surface area (Å²) in [7, 11) is 0. The summed E-state index contributed by atoms with van der Waals surface area (Å²) < 4.78 is 0. The Balaban J connectivity index is 0. The van der Waals surface area contributed by atoms with Crippen LogP contribution in [0, 0.1) is 0 Å². The molecule has 2 aromatic carbocycles. The van der Waals surface area contributed by atoms with E-state index in [2.05, 4.69) is 0 Å². The molecule has 0 radical (unpaired) electrons. The van der Waals surface area contributed by atoms with Crippen molar-refractivity contribution in [3.05, 3.63) is 60.7 Å². The Morgan fingerprint density at radius 2 is 1.07 bits per heavy atom. The van der Waals surface area contributed by atoms with Crippen molar-refractivity contribution in [2.24, 2.45) is 0 Å². The van der Waals surface area contributed by atoms with Gasteiger partial charge in [-0.25, -0.2) is 24.3 Å². The Hall–Kier alpha value is -0.296. The Bertz CT molecular complexity index is 162. The molecule has 0 nitrogen and oxygen atoms in total. The van der Waals surface area contributed by atoms with Crippen LogP contribution in [0.2, 0.25) is 0 Å². The summed E-state index contributed by atoms with van der Waals surface area (Å²) in [6.07, 6.45) is 0. The maximum absolute atomic E-state index is 5.00. The third kappa shape index (κ3) is 14.2. The van der Waals surface area contributed by atoms with Crippen LogP contribution in [-0.2, 0) is 21.7 Å². The van der Waals surface area contributed by atoms with Crippen LogP contribution in [0.1, 0.15) is 6.92 Å². The number of halogens is 1. The number of rotatable bonds is 0. The maximum atomic E-state index is 5.00. The molecule has 0 aromatic heterocycles. The quantitative estimate of drug-likeness (QED) is 0.371. The van der Waals surface area contributed by atoms with Crippen LogP contribution < -0.4 is 0 Å². The first kappa shape index (κ1) is 16.1. The predicted octanol–water partition coefficient (Wildman–Crippen LogP) is 4.05. The summed E-state index contributed by atoms with van der Waals surface area (Å²) in [4.78, 5) is 0. The molecule has 14 heavy (non-hydrogen) atoms. The van der Waals surface area contributed by atoms with E-state index >= 15 is 0 Å². The number of hydrogen-bond donors (Lipinski definition) is 0. The maximum Gasteiger partial charge on any atom is 2.00 e. The molecule has 74 valence electrons. The summed E-state index contributed by atoms with van der Waals surface area (Å²) in [6, 6.07) is 20.0. The first-order chi connectivity index (χ1) is 6.41. The molecule has 2 aromatic rings. The van der Waals surface area contributed by atoms with Crippen molar-refractivity contribution in [1.82, 2.24) is 0 Å². The van der Waals surface area contributed by atoms with E-state index in [1.54, 1.807) is 0 Å². The largest absolute Gasteiger partial charge is 2.00 e. The molecular weight excluding hydrogens is 227 g/mol. The molecule has 0 aliphatic rings. The molecule has 0 fully saturated rings. The smallest absolute Gasteiger partial charge is 0.214 e. The van der Waals surface area contributed by atoms with Gasteiger partial charge in [0, 0.05) is 5.88 Å². The van der Waals surface area contributed by atoms with Crippen molar-refractivity contribution in [2.45, 2.75) is 6.92 Å². The summed E-state index contributed by atoms with van der Waals surface area (Å²) in [5, 5.41) is 0. The van der Waals surface area contributed by atoms with E-state index < -0.39 is 0 Å². The van der Waals surface area contributed by atoms with E-state index in [0.29, 0.717) is 0 Å². The standard InChI is InChI=1S/2C5H5.C2H5Cl.Ti/c2*1-2-4-5-3-1;1-2-3;/h2*1-5H;2H2,1H3;/q2*-1;;+2. The molecule has 0 saturated carbocycles. The molecule has 0 aliphatic carbocycles. The molecule has 0 atom stereocenters. The van der Waals surface area contributed by atoms with E-state index in [1.165, 1.54) is 0 Å². The fourth-order valence-electron chi connectivity index (χ4n) is 0.642. The van der Waals surface area contributed by atoms with Crippen molar-refractivity contribution in [3.8, 4) is 0 Å². The fourth-order valence-corrected chi connectivity index (χ4v) is 0.642. The van der Waals surface area contributed by atoms with E-state index in [1.807, 2.05) is 67.6 Å².